The molecule has 0 saturated heterocycles. The van der Waals surface area contributed by atoms with E-state index in [1.54, 1.807) is 43.3 Å². The van der Waals surface area contributed by atoms with E-state index in [2.05, 4.69) is 0 Å². The molecule has 0 N–H and O–H groups in total. The molecular formula is C21H19FN2O4S. The SMILES string of the molecule is CN(C)/C=C(/C(=O)c1ccc(F)cc1)S(=O)CCN1C(=O)c2ccccc2C1=O. The van der Waals surface area contributed by atoms with Gasteiger partial charge in [0.25, 0.3) is 11.8 Å². The minimum Gasteiger partial charge on any atom is -0.382 e. The summed E-state index contributed by atoms with van der Waals surface area (Å²) in [6.45, 7) is -0.0829. The molecule has 150 valence electrons. The lowest BCUT2D eigenvalue weighted by molar-refractivity contribution is 0.0664. The number of imide groups is 1. The fraction of sp³-hybridized carbons (Fsp3) is 0.190. The van der Waals surface area contributed by atoms with Crippen molar-refractivity contribution < 1.29 is 23.0 Å². The largest absolute Gasteiger partial charge is 0.382 e. The molecule has 1 unspecified atom stereocenters. The average Bonchev–Trinajstić information content (AvgIpc) is 2.95. The first-order chi connectivity index (χ1) is 13.8. The Morgan fingerprint density at radius 3 is 2.10 bits per heavy atom. The maximum absolute atomic E-state index is 13.1. The van der Waals surface area contributed by atoms with Crippen LogP contribution in [0.3, 0.4) is 0 Å². The number of hydrogen-bond donors (Lipinski definition) is 0. The van der Waals surface area contributed by atoms with E-state index in [4.69, 9.17) is 0 Å². The number of carbonyl (C=O) groups excluding carboxylic acids is 3. The van der Waals surface area contributed by atoms with E-state index in [1.807, 2.05) is 0 Å². The topological polar surface area (TPSA) is 74.8 Å². The van der Waals surface area contributed by atoms with E-state index < -0.39 is 34.2 Å². The van der Waals surface area contributed by atoms with E-state index in [9.17, 15) is 23.0 Å². The van der Waals surface area contributed by atoms with E-state index >= 15 is 0 Å². The lowest BCUT2D eigenvalue weighted by Gasteiger charge is -2.15. The van der Waals surface area contributed by atoms with Gasteiger partial charge < -0.3 is 4.90 Å². The van der Waals surface area contributed by atoms with Gasteiger partial charge in [0.15, 0.2) is 0 Å². The summed E-state index contributed by atoms with van der Waals surface area (Å²) in [5.41, 5.74) is 0.832. The summed E-state index contributed by atoms with van der Waals surface area (Å²) in [4.78, 5) is 40.3. The number of nitrogens with zero attached hydrogens (tertiary/aromatic N) is 2. The van der Waals surface area contributed by atoms with Crippen LogP contribution in [0.5, 0.6) is 0 Å². The molecule has 2 aromatic carbocycles. The maximum atomic E-state index is 13.1. The van der Waals surface area contributed by atoms with Crippen LogP contribution in [0, 0.1) is 5.82 Å². The van der Waals surface area contributed by atoms with Crippen molar-refractivity contribution >= 4 is 28.4 Å². The van der Waals surface area contributed by atoms with E-state index in [0.717, 1.165) is 17.0 Å². The Balaban J connectivity index is 1.76. The Kier molecular flexibility index (Phi) is 6.03. The Bertz CT molecular complexity index is 996. The Morgan fingerprint density at radius 2 is 1.59 bits per heavy atom. The van der Waals surface area contributed by atoms with Gasteiger partial charge in [-0.2, -0.15) is 0 Å². The number of fused-ring (bicyclic) bond motifs is 1. The van der Waals surface area contributed by atoms with Crippen molar-refractivity contribution in [3.63, 3.8) is 0 Å². The second-order valence-corrected chi connectivity index (χ2v) is 8.19. The molecule has 2 aromatic rings. The lowest BCUT2D eigenvalue weighted by Crippen LogP contribution is -2.34. The van der Waals surface area contributed by atoms with Gasteiger partial charge in [-0.25, -0.2) is 4.39 Å². The number of carbonyl (C=O) groups is 3. The molecule has 1 heterocycles. The second-order valence-electron chi connectivity index (χ2n) is 6.65. The average molecular weight is 414 g/mol. The van der Waals surface area contributed by atoms with Crippen molar-refractivity contribution in [1.82, 2.24) is 9.80 Å². The summed E-state index contributed by atoms with van der Waals surface area (Å²) < 4.78 is 26.0. The smallest absolute Gasteiger partial charge is 0.261 e. The first-order valence-electron chi connectivity index (χ1n) is 8.81. The fourth-order valence-electron chi connectivity index (χ4n) is 2.93. The zero-order valence-electron chi connectivity index (χ0n) is 15.9. The monoisotopic (exact) mass is 414 g/mol. The van der Waals surface area contributed by atoms with E-state index in [0.29, 0.717) is 11.1 Å². The summed E-state index contributed by atoms with van der Waals surface area (Å²) in [7, 11) is 1.58. The molecule has 1 atom stereocenters. The standard InChI is InChI=1S/C21H19FN2O4S/c1-23(2)13-18(19(25)14-7-9-15(22)10-8-14)29(28)12-11-24-20(26)16-5-3-4-6-17(16)21(24)27/h3-10,13H,11-12H2,1-2H3/b18-13-. The Hall–Kier alpha value is -3.13. The minimum absolute atomic E-state index is 0.0122. The normalized spacial score (nSPS) is 14.7. The maximum Gasteiger partial charge on any atom is 0.261 e. The number of ketones is 1. The zero-order valence-corrected chi connectivity index (χ0v) is 16.7. The van der Waals surface area contributed by atoms with Crippen molar-refractivity contribution in [2.45, 2.75) is 0 Å². The zero-order chi connectivity index (χ0) is 21.1. The van der Waals surface area contributed by atoms with Gasteiger partial charge in [0.05, 0.1) is 21.9 Å². The predicted octanol–water partition coefficient (Wildman–Crippen LogP) is 2.46. The van der Waals surface area contributed by atoms with Gasteiger partial charge in [-0.05, 0) is 36.4 Å². The quantitative estimate of drug-likeness (QED) is 0.395. The molecule has 1 aliphatic rings. The van der Waals surface area contributed by atoms with Crippen LogP contribution in [0.25, 0.3) is 0 Å². The van der Waals surface area contributed by atoms with Crippen molar-refractivity contribution in [3.05, 3.63) is 82.1 Å². The van der Waals surface area contributed by atoms with Crippen LogP contribution >= 0.6 is 0 Å². The van der Waals surface area contributed by atoms with Crippen LogP contribution in [0.2, 0.25) is 0 Å². The van der Waals surface area contributed by atoms with E-state index in [1.165, 1.54) is 18.3 Å². The third-order valence-corrected chi connectivity index (χ3v) is 5.66. The molecule has 6 nitrogen and oxygen atoms in total. The summed E-state index contributed by atoms with van der Waals surface area (Å²) in [5, 5.41) is 0. The molecule has 0 spiro atoms. The number of allylic oxidation sites excluding steroid dienone is 1. The van der Waals surface area contributed by atoms with Crippen LogP contribution in [-0.2, 0) is 10.8 Å². The van der Waals surface area contributed by atoms with Crippen LogP contribution < -0.4 is 0 Å². The van der Waals surface area contributed by atoms with Crippen molar-refractivity contribution in [1.29, 1.82) is 0 Å². The second kappa shape index (κ2) is 8.48. The summed E-state index contributed by atoms with van der Waals surface area (Å²) in [6.07, 6.45) is 1.43. The van der Waals surface area contributed by atoms with Crippen LogP contribution in [0.4, 0.5) is 4.39 Å². The van der Waals surface area contributed by atoms with Crippen molar-refractivity contribution in [3.8, 4) is 0 Å². The van der Waals surface area contributed by atoms with Crippen LogP contribution in [-0.4, -0.2) is 58.0 Å². The molecule has 0 aliphatic carbocycles. The van der Waals surface area contributed by atoms with Crippen LogP contribution in [0.1, 0.15) is 31.1 Å². The first kappa shape index (κ1) is 20.6. The first-order valence-corrected chi connectivity index (χ1v) is 10.1. The predicted molar refractivity (Wildman–Crippen MR) is 107 cm³/mol. The molecule has 1 aliphatic heterocycles. The highest BCUT2D eigenvalue weighted by atomic mass is 32.2. The fourth-order valence-corrected chi connectivity index (χ4v) is 4.15. The molecule has 8 heteroatoms. The number of hydrogen-bond acceptors (Lipinski definition) is 5. The summed E-state index contributed by atoms with van der Waals surface area (Å²) in [6, 6.07) is 11.4. The molecule has 2 amide bonds. The summed E-state index contributed by atoms with van der Waals surface area (Å²) >= 11 is 0. The number of halogens is 1. The molecule has 0 bridgehead atoms. The van der Waals surface area contributed by atoms with Gasteiger partial charge in [-0.1, -0.05) is 12.1 Å². The van der Waals surface area contributed by atoms with Crippen molar-refractivity contribution in [2.75, 3.05) is 26.4 Å². The highest BCUT2D eigenvalue weighted by molar-refractivity contribution is 7.90. The molecule has 29 heavy (non-hydrogen) atoms. The highest BCUT2D eigenvalue weighted by Gasteiger charge is 2.35. The highest BCUT2D eigenvalue weighted by Crippen LogP contribution is 2.22. The Morgan fingerprint density at radius 1 is 1.03 bits per heavy atom. The molecule has 0 fully saturated rings. The third-order valence-electron chi connectivity index (χ3n) is 4.33. The number of Topliss-reactive ketones (excluding diaryl/α,β-unsaturated/α-hetero) is 1. The van der Waals surface area contributed by atoms with Gasteiger partial charge in [-0.15, -0.1) is 0 Å². The van der Waals surface area contributed by atoms with Gasteiger partial charge >= 0.3 is 0 Å². The minimum atomic E-state index is -1.78. The van der Waals surface area contributed by atoms with Crippen LogP contribution in [0.15, 0.2) is 59.6 Å². The molecule has 0 radical (unpaired) electrons. The summed E-state index contributed by atoms with van der Waals surface area (Å²) in [5.74, 6) is -1.94. The van der Waals surface area contributed by atoms with Gasteiger partial charge in [-0.3, -0.25) is 23.5 Å². The molecular weight excluding hydrogens is 395 g/mol. The molecule has 0 saturated carbocycles. The van der Waals surface area contributed by atoms with Gasteiger partial charge in [0.1, 0.15) is 10.7 Å². The molecule has 0 aromatic heterocycles. The Labute approximate surface area is 170 Å². The van der Waals surface area contributed by atoms with Crippen molar-refractivity contribution in [2.24, 2.45) is 0 Å². The van der Waals surface area contributed by atoms with Gasteiger partial charge in [0, 0.05) is 38.2 Å². The van der Waals surface area contributed by atoms with E-state index in [-0.39, 0.29) is 22.8 Å². The lowest BCUT2D eigenvalue weighted by atomic mass is 10.1. The van der Waals surface area contributed by atoms with Gasteiger partial charge in [0.2, 0.25) is 5.78 Å². The number of rotatable bonds is 7. The number of benzene rings is 2. The number of amides is 2. The third kappa shape index (κ3) is 4.32. The molecule has 3 rings (SSSR count).